The lowest BCUT2D eigenvalue weighted by Gasteiger charge is -2.48. The van der Waals surface area contributed by atoms with Crippen LogP contribution in [-0.2, 0) is 34.8 Å². The van der Waals surface area contributed by atoms with Gasteiger partial charge in [0.25, 0.3) is 0 Å². The highest BCUT2D eigenvalue weighted by Gasteiger charge is 2.61. The van der Waals surface area contributed by atoms with E-state index in [2.05, 4.69) is 37.4 Å². The Balaban J connectivity index is 6.46. The predicted molar refractivity (Wildman–Crippen MR) is 119 cm³/mol. The second-order valence-electron chi connectivity index (χ2n) is 7.74. The quantitative estimate of drug-likeness (QED) is 0.346. The fourth-order valence-electron chi connectivity index (χ4n) is 4.41. The summed E-state index contributed by atoms with van der Waals surface area (Å²) >= 11 is 0. The molecule has 3 radical (unpaired) electrons. The van der Waals surface area contributed by atoms with Gasteiger partial charge in [0.1, 0.15) is 0 Å². The van der Waals surface area contributed by atoms with Crippen LogP contribution in [0.5, 0.6) is 0 Å². The molecule has 28 heavy (non-hydrogen) atoms. The second kappa shape index (κ2) is 11.4. The molecule has 0 saturated carbocycles. The maximum absolute atomic E-state index is 6.65. The van der Waals surface area contributed by atoms with E-state index < -0.39 is 34.5 Å². The zero-order chi connectivity index (χ0) is 22.4. The standard InChI is InChI=1S/C15H39O8Si5/c1-13(27(16-3,17-4)18-5)15(14(2)28(19-6,20-7)21-8)25(9,10)23-26(11,12)22-24/h13-15H,1-12H3. The Labute approximate surface area is 179 Å². The maximum Gasteiger partial charge on any atom is 0.503 e. The van der Waals surface area contributed by atoms with E-state index in [4.69, 9.17) is 34.8 Å². The largest absolute Gasteiger partial charge is 0.503 e. The molecule has 8 nitrogen and oxygen atoms in total. The van der Waals surface area contributed by atoms with Gasteiger partial charge < -0.3 is 34.8 Å². The van der Waals surface area contributed by atoms with Gasteiger partial charge in [-0.2, -0.15) is 0 Å². The van der Waals surface area contributed by atoms with Crippen molar-refractivity contribution in [2.45, 2.75) is 56.7 Å². The van der Waals surface area contributed by atoms with Crippen LogP contribution in [0, 0.1) is 0 Å². The minimum Gasteiger partial charge on any atom is -0.437 e. The van der Waals surface area contributed by atoms with E-state index in [1.165, 1.54) is 0 Å². The SMILES string of the molecule is CO[Si](OC)(OC)C(C)C(C(C)[Si](OC)(OC)OC)[Si](C)(C)O[Si](C)(C)O[Si]. The van der Waals surface area contributed by atoms with Gasteiger partial charge >= 0.3 is 26.2 Å². The molecule has 0 heterocycles. The molecule has 167 valence electrons. The van der Waals surface area contributed by atoms with Crippen LogP contribution in [0.2, 0.25) is 42.8 Å². The molecule has 0 spiro atoms. The first kappa shape index (κ1) is 28.8. The van der Waals surface area contributed by atoms with E-state index in [1.807, 2.05) is 13.1 Å². The molecule has 0 saturated heterocycles. The molecule has 2 unspecified atom stereocenters. The van der Waals surface area contributed by atoms with Crippen LogP contribution in [0.3, 0.4) is 0 Å². The third-order valence-electron chi connectivity index (χ3n) is 5.46. The van der Waals surface area contributed by atoms with Gasteiger partial charge in [0.05, 0.1) is 0 Å². The van der Waals surface area contributed by atoms with Gasteiger partial charge in [0.2, 0.25) is 10.5 Å². The van der Waals surface area contributed by atoms with Crippen molar-refractivity contribution in [2.75, 3.05) is 42.7 Å². The molecule has 0 aromatic carbocycles. The third-order valence-corrected chi connectivity index (χ3v) is 21.1. The Morgan fingerprint density at radius 2 is 0.893 bits per heavy atom. The summed E-state index contributed by atoms with van der Waals surface area (Å²) in [6.45, 7) is 12.5. The number of hydrogen-bond donors (Lipinski definition) is 0. The highest BCUT2D eigenvalue weighted by atomic mass is 28.5. The summed E-state index contributed by atoms with van der Waals surface area (Å²) in [5.41, 5.74) is -0.189. The Morgan fingerprint density at radius 1 is 0.607 bits per heavy atom. The zero-order valence-corrected chi connectivity index (χ0v) is 24.5. The van der Waals surface area contributed by atoms with E-state index in [1.54, 1.807) is 42.7 Å². The predicted octanol–water partition coefficient (Wildman–Crippen LogP) is 2.92. The Hall–Kier alpha value is 0.764. The molecule has 0 aliphatic rings. The van der Waals surface area contributed by atoms with Gasteiger partial charge in [-0.1, -0.05) is 13.8 Å². The van der Waals surface area contributed by atoms with Crippen molar-refractivity contribution in [2.24, 2.45) is 0 Å². The Kier molecular flexibility index (Phi) is 11.7. The van der Waals surface area contributed by atoms with Gasteiger partial charge in [0, 0.05) is 53.7 Å². The van der Waals surface area contributed by atoms with E-state index >= 15 is 0 Å². The van der Waals surface area contributed by atoms with Gasteiger partial charge in [-0.3, -0.25) is 0 Å². The molecular weight excluding hydrogens is 449 g/mol. The summed E-state index contributed by atoms with van der Waals surface area (Å²) in [6, 6.07) is 0. The van der Waals surface area contributed by atoms with Crippen LogP contribution in [-0.4, -0.2) is 87.6 Å². The summed E-state index contributed by atoms with van der Waals surface area (Å²) in [7, 11) is 2.15. The summed E-state index contributed by atoms with van der Waals surface area (Å²) in [6.07, 6.45) is 0. The van der Waals surface area contributed by atoms with Crippen LogP contribution in [0.15, 0.2) is 0 Å². The van der Waals surface area contributed by atoms with Crippen molar-refractivity contribution in [1.29, 1.82) is 0 Å². The molecule has 0 bridgehead atoms. The van der Waals surface area contributed by atoms with Gasteiger partial charge in [-0.25, -0.2) is 0 Å². The van der Waals surface area contributed by atoms with Gasteiger partial charge in [0.15, 0.2) is 8.32 Å². The fraction of sp³-hybridized carbons (Fsp3) is 1.00. The average Bonchev–Trinajstić information content (AvgIpc) is 2.64. The minimum atomic E-state index is -2.99. The lowest BCUT2D eigenvalue weighted by Crippen LogP contribution is -2.60. The van der Waals surface area contributed by atoms with Gasteiger partial charge in [-0.15, -0.1) is 0 Å². The third kappa shape index (κ3) is 6.15. The lowest BCUT2D eigenvalue weighted by molar-refractivity contribution is 0.0976. The van der Waals surface area contributed by atoms with E-state index in [0.717, 1.165) is 0 Å². The second-order valence-corrected chi connectivity index (χ2v) is 22.7. The molecule has 0 N–H and O–H groups in total. The summed E-state index contributed by atoms with van der Waals surface area (Å²) in [5.74, 6) is 0. The first-order valence-electron chi connectivity index (χ1n) is 9.18. The number of hydrogen-bond acceptors (Lipinski definition) is 8. The maximum atomic E-state index is 6.65. The van der Waals surface area contributed by atoms with Crippen molar-refractivity contribution in [3.63, 3.8) is 0 Å². The highest BCUT2D eigenvalue weighted by Crippen LogP contribution is 2.53. The average molecular weight is 488 g/mol. The molecule has 13 heteroatoms. The minimum absolute atomic E-state index is 0.0147. The zero-order valence-electron chi connectivity index (χ0n) is 19.5. The molecule has 0 rings (SSSR count). The molecule has 0 aliphatic heterocycles. The van der Waals surface area contributed by atoms with Crippen LogP contribution >= 0.6 is 0 Å². The first-order valence-corrected chi connectivity index (χ1v) is 19.0. The fourth-order valence-corrected chi connectivity index (χ4v) is 21.5. The normalized spacial score (nSPS) is 17.5. The summed E-state index contributed by atoms with van der Waals surface area (Å²) in [5, 5.41) is 0. The summed E-state index contributed by atoms with van der Waals surface area (Å²) < 4.78 is 47.1. The molecule has 0 fully saturated rings. The molecule has 0 aromatic rings. The summed E-state index contributed by atoms with van der Waals surface area (Å²) in [4.78, 5) is 0. The van der Waals surface area contributed by atoms with E-state index in [0.29, 0.717) is 0 Å². The van der Waals surface area contributed by atoms with Crippen molar-refractivity contribution in [1.82, 2.24) is 0 Å². The van der Waals surface area contributed by atoms with Crippen LogP contribution < -0.4 is 0 Å². The van der Waals surface area contributed by atoms with Crippen molar-refractivity contribution in [3.05, 3.63) is 0 Å². The lowest BCUT2D eigenvalue weighted by atomic mass is 10.2. The van der Waals surface area contributed by atoms with Gasteiger partial charge in [-0.05, 0) is 31.7 Å². The topological polar surface area (TPSA) is 73.8 Å². The van der Waals surface area contributed by atoms with Crippen LogP contribution in [0.1, 0.15) is 13.8 Å². The first-order chi connectivity index (χ1) is 12.8. The monoisotopic (exact) mass is 487 g/mol. The molecule has 0 aromatic heterocycles. The van der Waals surface area contributed by atoms with Crippen LogP contribution in [0.4, 0.5) is 0 Å². The van der Waals surface area contributed by atoms with Crippen molar-refractivity contribution in [3.8, 4) is 0 Å². The Morgan fingerprint density at radius 3 is 1.11 bits per heavy atom. The number of rotatable bonds is 14. The molecule has 2 atom stereocenters. The van der Waals surface area contributed by atoms with Crippen molar-refractivity contribution < 1.29 is 34.8 Å². The van der Waals surface area contributed by atoms with E-state index in [9.17, 15) is 0 Å². The Bertz CT molecular complexity index is 417. The molecule has 0 amide bonds. The van der Waals surface area contributed by atoms with E-state index in [-0.39, 0.29) is 16.6 Å². The molecular formula is C15H39O8Si5. The molecule has 0 aliphatic carbocycles. The highest BCUT2D eigenvalue weighted by molar-refractivity contribution is 6.86. The van der Waals surface area contributed by atoms with Crippen LogP contribution in [0.25, 0.3) is 0 Å². The smallest absolute Gasteiger partial charge is 0.437 e. The van der Waals surface area contributed by atoms with Crippen molar-refractivity contribution >= 4 is 45.0 Å².